The van der Waals surface area contributed by atoms with Crippen LogP contribution in [0.25, 0.3) is 0 Å². The molecule has 2 heterocycles. The number of thiophene rings is 1. The average molecular weight is 368 g/mol. The van der Waals surface area contributed by atoms with E-state index in [4.69, 9.17) is 4.74 Å². The van der Waals surface area contributed by atoms with Gasteiger partial charge in [0.2, 0.25) is 10.0 Å². The lowest BCUT2D eigenvalue weighted by molar-refractivity contribution is 0.0443. The highest BCUT2D eigenvalue weighted by molar-refractivity contribution is 7.89. The van der Waals surface area contributed by atoms with Gasteiger partial charge in [0.25, 0.3) is 0 Å². The highest BCUT2D eigenvalue weighted by atomic mass is 32.2. The van der Waals surface area contributed by atoms with E-state index >= 15 is 0 Å². The molecule has 1 aromatic heterocycles. The molecule has 24 heavy (non-hydrogen) atoms. The van der Waals surface area contributed by atoms with E-state index in [-0.39, 0.29) is 17.5 Å². The fraction of sp³-hybridized carbons (Fsp3) is 0.375. The van der Waals surface area contributed by atoms with E-state index in [2.05, 4.69) is 10.0 Å². The monoisotopic (exact) mass is 368 g/mol. The predicted octanol–water partition coefficient (Wildman–Crippen LogP) is 0.944. The van der Waals surface area contributed by atoms with E-state index in [1.807, 2.05) is 17.5 Å². The lowest BCUT2D eigenvalue weighted by atomic mass is 10.1. The summed E-state index contributed by atoms with van der Waals surface area (Å²) in [7, 11) is -3.60. The van der Waals surface area contributed by atoms with Gasteiger partial charge in [-0.3, -0.25) is 0 Å². The third-order valence-electron chi connectivity index (χ3n) is 3.93. The van der Waals surface area contributed by atoms with Gasteiger partial charge in [-0.15, -0.1) is 11.3 Å². The molecule has 3 rings (SSSR count). The molecule has 1 saturated heterocycles. The normalized spacial score (nSPS) is 24.3. The minimum atomic E-state index is -3.60. The van der Waals surface area contributed by atoms with E-state index in [1.165, 1.54) is 17.0 Å². The number of rotatable bonds is 7. The second kappa shape index (κ2) is 7.73. The Morgan fingerprint density at radius 2 is 2.00 bits per heavy atom. The quantitative estimate of drug-likeness (QED) is 0.677. The molecule has 3 unspecified atom stereocenters. The standard InChI is InChI=1S/C16H20N2O4S2/c19-16-14(17-9-12-5-4-8-23-12)11-22-15(16)10-18-24(20,21)13-6-2-1-3-7-13/h1-8,14-19H,9-11H2. The maximum atomic E-state index is 12.2. The lowest BCUT2D eigenvalue weighted by Gasteiger charge is -2.18. The SMILES string of the molecule is O=S(=O)(NCC1OCC(NCc2cccs2)C1O)c1ccccc1. The zero-order valence-electron chi connectivity index (χ0n) is 13.0. The Morgan fingerprint density at radius 3 is 2.71 bits per heavy atom. The second-order valence-corrected chi connectivity index (χ2v) is 8.39. The van der Waals surface area contributed by atoms with Crippen molar-refractivity contribution in [2.45, 2.75) is 29.7 Å². The van der Waals surface area contributed by atoms with Crippen LogP contribution in [0, 0.1) is 0 Å². The summed E-state index contributed by atoms with van der Waals surface area (Å²) in [6.07, 6.45) is -1.33. The van der Waals surface area contributed by atoms with Gasteiger partial charge in [-0.1, -0.05) is 24.3 Å². The van der Waals surface area contributed by atoms with Crippen LogP contribution >= 0.6 is 11.3 Å². The molecule has 1 aromatic carbocycles. The van der Waals surface area contributed by atoms with E-state index in [0.717, 1.165) is 0 Å². The van der Waals surface area contributed by atoms with Crippen molar-refractivity contribution in [3.8, 4) is 0 Å². The van der Waals surface area contributed by atoms with Gasteiger partial charge in [0.1, 0.15) is 0 Å². The predicted molar refractivity (Wildman–Crippen MR) is 92.3 cm³/mol. The molecule has 1 aliphatic heterocycles. The zero-order valence-corrected chi connectivity index (χ0v) is 14.6. The molecule has 2 aromatic rings. The Balaban J connectivity index is 1.51. The summed E-state index contributed by atoms with van der Waals surface area (Å²) in [6, 6.07) is 11.9. The number of sulfonamides is 1. The summed E-state index contributed by atoms with van der Waals surface area (Å²) >= 11 is 1.64. The van der Waals surface area contributed by atoms with Crippen LogP contribution < -0.4 is 10.0 Å². The van der Waals surface area contributed by atoms with Gasteiger partial charge in [-0.2, -0.15) is 0 Å². The molecule has 1 fully saturated rings. The maximum absolute atomic E-state index is 12.2. The molecule has 0 radical (unpaired) electrons. The van der Waals surface area contributed by atoms with Crippen LogP contribution in [-0.4, -0.2) is 44.9 Å². The van der Waals surface area contributed by atoms with Crippen LogP contribution in [0.2, 0.25) is 0 Å². The molecular weight excluding hydrogens is 348 g/mol. The minimum absolute atomic E-state index is 0.0373. The first-order valence-corrected chi connectivity index (χ1v) is 10.0. The molecule has 0 amide bonds. The molecule has 0 aliphatic carbocycles. The van der Waals surface area contributed by atoms with Crippen LogP contribution in [0.15, 0.2) is 52.7 Å². The third-order valence-corrected chi connectivity index (χ3v) is 6.25. The molecule has 3 N–H and O–H groups in total. The van der Waals surface area contributed by atoms with Crippen molar-refractivity contribution in [3.05, 3.63) is 52.7 Å². The number of nitrogens with one attached hydrogen (secondary N) is 2. The van der Waals surface area contributed by atoms with Crippen LogP contribution in [0.3, 0.4) is 0 Å². The molecule has 3 atom stereocenters. The summed E-state index contributed by atoms with van der Waals surface area (Å²) < 4.78 is 32.4. The molecule has 8 heteroatoms. The molecule has 6 nitrogen and oxygen atoms in total. The summed E-state index contributed by atoms with van der Waals surface area (Å²) in [5, 5.41) is 15.6. The number of aliphatic hydroxyl groups is 1. The van der Waals surface area contributed by atoms with Gasteiger partial charge in [-0.05, 0) is 23.6 Å². The lowest BCUT2D eigenvalue weighted by Crippen LogP contribution is -2.44. The second-order valence-electron chi connectivity index (χ2n) is 5.59. The highest BCUT2D eigenvalue weighted by Gasteiger charge is 2.36. The van der Waals surface area contributed by atoms with Crippen LogP contribution in [0.4, 0.5) is 0 Å². The van der Waals surface area contributed by atoms with Crippen LogP contribution in [0.5, 0.6) is 0 Å². The largest absolute Gasteiger partial charge is 0.389 e. The van der Waals surface area contributed by atoms with Crippen molar-refractivity contribution in [1.82, 2.24) is 10.0 Å². The summed E-state index contributed by atoms with van der Waals surface area (Å²) in [5.74, 6) is 0. The van der Waals surface area contributed by atoms with Crippen molar-refractivity contribution in [2.24, 2.45) is 0 Å². The van der Waals surface area contributed by atoms with Crippen LogP contribution in [0.1, 0.15) is 4.88 Å². The minimum Gasteiger partial charge on any atom is -0.389 e. The first-order chi connectivity index (χ1) is 11.6. The van der Waals surface area contributed by atoms with Crippen molar-refractivity contribution < 1.29 is 18.3 Å². The van der Waals surface area contributed by atoms with Crippen molar-refractivity contribution in [2.75, 3.05) is 13.2 Å². The van der Waals surface area contributed by atoms with Crippen LogP contribution in [-0.2, 0) is 21.3 Å². The molecule has 0 bridgehead atoms. The first kappa shape index (κ1) is 17.5. The maximum Gasteiger partial charge on any atom is 0.240 e. The first-order valence-electron chi connectivity index (χ1n) is 7.66. The molecular formula is C16H20N2O4S2. The number of hydrogen-bond donors (Lipinski definition) is 3. The summed E-state index contributed by atoms with van der Waals surface area (Å²) in [6.45, 7) is 1.05. The average Bonchev–Trinajstić information content (AvgIpc) is 3.22. The Bertz CT molecular complexity index is 735. The molecule has 0 saturated carbocycles. The molecule has 0 spiro atoms. The van der Waals surface area contributed by atoms with Gasteiger partial charge >= 0.3 is 0 Å². The number of hydrogen-bond acceptors (Lipinski definition) is 6. The van der Waals surface area contributed by atoms with E-state index < -0.39 is 22.2 Å². The number of aliphatic hydroxyl groups excluding tert-OH is 1. The van der Waals surface area contributed by atoms with Crippen molar-refractivity contribution >= 4 is 21.4 Å². The van der Waals surface area contributed by atoms with Gasteiger partial charge in [0, 0.05) is 18.0 Å². The van der Waals surface area contributed by atoms with E-state index in [9.17, 15) is 13.5 Å². The zero-order chi connectivity index (χ0) is 17.0. The number of ether oxygens (including phenoxy) is 1. The summed E-state index contributed by atoms with van der Waals surface area (Å²) in [5.41, 5.74) is 0. The fourth-order valence-corrected chi connectivity index (χ4v) is 4.28. The Morgan fingerprint density at radius 1 is 1.21 bits per heavy atom. The highest BCUT2D eigenvalue weighted by Crippen LogP contribution is 2.17. The van der Waals surface area contributed by atoms with Gasteiger partial charge in [0.05, 0.1) is 29.8 Å². The van der Waals surface area contributed by atoms with E-state index in [0.29, 0.717) is 13.2 Å². The van der Waals surface area contributed by atoms with Crippen molar-refractivity contribution in [1.29, 1.82) is 0 Å². The van der Waals surface area contributed by atoms with Gasteiger partial charge in [-0.25, -0.2) is 13.1 Å². The molecule has 1 aliphatic rings. The van der Waals surface area contributed by atoms with Gasteiger partial charge < -0.3 is 15.2 Å². The summed E-state index contributed by atoms with van der Waals surface area (Å²) in [4.78, 5) is 1.38. The smallest absolute Gasteiger partial charge is 0.240 e. The topological polar surface area (TPSA) is 87.7 Å². The third kappa shape index (κ3) is 4.21. The Labute approximate surface area is 145 Å². The fourth-order valence-electron chi connectivity index (χ4n) is 2.56. The Kier molecular flexibility index (Phi) is 5.65. The van der Waals surface area contributed by atoms with Crippen molar-refractivity contribution in [3.63, 3.8) is 0 Å². The van der Waals surface area contributed by atoms with Gasteiger partial charge in [0.15, 0.2) is 0 Å². The number of benzene rings is 1. The Hall–Kier alpha value is -1.29. The molecule has 130 valence electrons. The van der Waals surface area contributed by atoms with E-state index in [1.54, 1.807) is 29.5 Å².